The summed E-state index contributed by atoms with van der Waals surface area (Å²) in [6.07, 6.45) is 4.58. The maximum Gasteiger partial charge on any atom is 0.408 e. The third-order valence-corrected chi connectivity index (χ3v) is 3.30. The third-order valence-electron chi connectivity index (χ3n) is 3.30. The maximum atomic E-state index is 11.9. The first kappa shape index (κ1) is 20.5. The number of aliphatic hydroxyl groups is 1. The molecule has 0 aromatic rings. The summed E-state index contributed by atoms with van der Waals surface area (Å²) in [6.45, 7) is 17.2. The molecule has 1 aliphatic carbocycles. The number of nitrogens with one attached hydrogen (secondary N) is 1. The second-order valence-electron chi connectivity index (χ2n) is 5.97. The van der Waals surface area contributed by atoms with E-state index in [-0.39, 0.29) is 18.6 Å². The van der Waals surface area contributed by atoms with E-state index in [9.17, 15) is 9.90 Å². The number of alkyl carbamates (subject to hydrolysis) is 1. The summed E-state index contributed by atoms with van der Waals surface area (Å²) in [5.41, 5.74) is 1.34. The number of hydrogen-bond donors (Lipinski definition) is 2. The van der Waals surface area contributed by atoms with Crippen LogP contribution in [-0.4, -0.2) is 29.4 Å². The highest BCUT2D eigenvalue weighted by Gasteiger charge is 2.28. The molecule has 1 amide bonds. The minimum atomic E-state index is -0.522. The highest BCUT2D eigenvalue weighted by molar-refractivity contribution is 5.69. The molecule has 0 aromatic carbocycles. The normalized spacial score (nSPS) is 21.4. The maximum absolute atomic E-state index is 11.9. The van der Waals surface area contributed by atoms with Crippen molar-refractivity contribution >= 4 is 6.09 Å². The standard InChI is InChI=1S/C16H25NO3.C2H6/c1-6-12-11(10-18)8-9-14(13(12)7-2)17-15(19)20-16(3,4)5;1-2/h6-7,11,14,18H,1-2,8-10H2,3-5H3,(H,17,19);1-2H3. The van der Waals surface area contributed by atoms with Gasteiger partial charge in [-0.15, -0.1) is 0 Å². The number of allylic oxidation sites excluding steroid dienone is 1. The molecule has 1 aliphatic rings. The molecule has 0 spiro atoms. The van der Waals surface area contributed by atoms with E-state index in [1.807, 2.05) is 34.6 Å². The summed E-state index contributed by atoms with van der Waals surface area (Å²) >= 11 is 0. The molecule has 0 aliphatic heterocycles. The highest BCUT2D eigenvalue weighted by atomic mass is 16.6. The SMILES string of the molecule is C=CC1=C(C=C)C(NC(=O)OC(C)(C)C)CCC1CO.CC. The average Bonchev–Trinajstić information content (AvgIpc) is 2.46. The monoisotopic (exact) mass is 309 g/mol. The van der Waals surface area contributed by atoms with E-state index in [0.717, 1.165) is 24.0 Å². The Balaban J connectivity index is 0.00000211. The van der Waals surface area contributed by atoms with Gasteiger partial charge in [-0.25, -0.2) is 4.79 Å². The summed E-state index contributed by atoms with van der Waals surface area (Å²) in [5, 5.41) is 12.3. The van der Waals surface area contributed by atoms with Crippen molar-refractivity contribution in [1.29, 1.82) is 0 Å². The zero-order valence-electron chi connectivity index (χ0n) is 14.6. The van der Waals surface area contributed by atoms with Crippen molar-refractivity contribution in [2.75, 3.05) is 6.61 Å². The van der Waals surface area contributed by atoms with Crippen LogP contribution in [0.5, 0.6) is 0 Å². The molecule has 0 aromatic heterocycles. The highest BCUT2D eigenvalue weighted by Crippen LogP contribution is 2.31. The van der Waals surface area contributed by atoms with Gasteiger partial charge in [-0.3, -0.25) is 0 Å². The van der Waals surface area contributed by atoms with Crippen LogP contribution in [0.15, 0.2) is 36.5 Å². The van der Waals surface area contributed by atoms with Crippen LogP contribution in [0.3, 0.4) is 0 Å². The summed E-state index contributed by atoms with van der Waals surface area (Å²) in [6, 6.07) is -0.141. The van der Waals surface area contributed by atoms with Crippen LogP contribution < -0.4 is 5.32 Å². The number of hydrogen-bond acceptors (Lipinski definition) is 3. The molecule has 4 heteroatoms. The Morgan fingerprint density at radius 2 is 1.82 bits per heavy atom. The Morgan fingerprint density at radius 1 is 1.27 bits per heavy atom. The number of ether oxygens (including phenoxy) is 1. The molecule has 0 bridgehead atoms. The minimum absolute atomic E-state index is 0.0668. The fraction of sp³-hybridized carbons (Fsp3) is 0.611. The Kier molecular flexibility index (Phi) is 8.80. The lowest BCUT2D eigenvalue weighted by atomic mass is 9.80. The van der Waals surface area contributed by atoms with Gasteiger partial charge < -0.3 is 15.2 Å². The van der Waals surface area contributed by atoms with Gasteiger partial charge in [0.25, 0.3) is 0 Å². The van der Waals surface area contributed by atoms with Crippen LogP contribution in [0.2, 0.25) is 0 Å². The van der Waals surface area contributed by atoms with Crippen LogP contribution in [0, 0.1) is 5.92 Å². The van der Waals surface area contributed by atoms with Gasteiger partial charge in [-0.1, -0.05) is 39.2 Å². The number of amides is 1. The minimum Gasteiger partial charge on any atom is -0.444 e. The van der Waals surface area contributed by atoms with Crippen molar-refractivity contribution in [1.82, 2.24) is 5.32 Å². The van der Waals surface area contributed by atoms with Gasteiger partial charge in [0.2, 0.25) is 0 Å². The predicted molar refractivity (Wildman–Crippen MR) is 91.7 cm³/mol. The lowest BCUT2D eigenvalue weighted by molar-refractivity contribution is 0.0506. The zero-order chi connectivity index (χ0) is 17.3. The van der Waals surface area contributed by atoms with Crippen molar-refractivity contribution < 1.29 is 14.6 Å². The summed E-state index contributed by atoms with van der Waals surface area (Å²) in [4.78, 5) is 11.9. The van der Waals surface area contributed by atoms with Gasteiger partial charge in [0.05, 0.1) is 6.04 Å². The Hall–Kier alpha value is -1.55. The smallest absolute Gasteiger partial charge is 0.408 e. The number of carbonyl (C=O) groups excluding carboxylic acids is 1. The Labute approximate surface area is 134 Å². The van der Waals surface area contributed by atoms with E-state index < -0.39 is 11.7 Å². The molecular weight excluding hydrogens is 278 g/mol. The van der Waals surface area contributed by atoms with Crippen LogP contribution in [-0.2, 0) is 4.74 Å². The van der Waals surface area contributed by atoms with Gasteiger partial charge in [-0.2, -0.15) is 0 Å². The van der Waals surface area contributed by atoms with E-state index in [4.69, 9.17) is 4.74 Å². The number of carbonyl (C=O) groups is 1. The molecule has 4 nitrogen and oxygen atoms in total. The summed E-state index contributed by atoms with van der Waals surface area (Å²) < 4.78 is 5.27. The van der Waals surface area contributed by atoms with Crippen molar-refractivity contribution in [2.45, 2.75) is 59.1 Å². The van der Waals surface area contributed by atoms with Gasteiger partial charge in [-0.05, 0) is 44.8 Å². The molecule has 1 rings (SSSR count). The van der Waals surface area contributed by atoms with E-state index in [1.54, 1.807) is 12.2 Å². The quantitative estimate of drug-likeness (QED) is 0.826. The molecule has 0 heterocycles. The van der Waals surface area contributed by atoms with Crippen molar-refractivity contribution in [3.05, 3.63) is 36.5 Å². The number of aliphatic hydroxyl groups excluding tert-OH is 1. The molecule has 2 atom stereocenters. The van der Waals surface area contributed by atoms with Crippen LogP contribution in [0.25, 0.3) is 0 Å². The number of rotatable bonds is 4. The molecule has 2 N–H and O–H groups in total. The fourth-order valence-electron chi connectivity index (χ4n) is 2.45. The van der Waals surface area contributed by atoms with Crippen LogP contribution >= 0.6 is 0 Å². The van der Waals surface area contributed by atoms with Crippen molar-refractivity contribution in [3.8, 4) is 0 Å². The molecule has 2 unspecified atom stereocenters. The second-order valence-corrected chi connectivity index (χ2v) is 5.97. The average molecular weight is 309 g/mol. The molecular formula is C18H31NO3. The molecule has 126 valence electrons. The molecule has 0 saturated carbocycles. The molecule has 0 radical (unpaired) electrons. The third kappa shape index (κ3) is 6.06. The van der Waals surface area contributed by atoms with Gasteiger partial charge in [0, 0.05) is 12.5 Å². The van der Waals surface area contributed by atoms with E-state index in [1.165, 1.54) is 0 Å². The van der Waals surface area contributed by atoms with E-state index in [0.29, 0.717) is 0 Å². The van der Waals surface area contributed by atoms with Crippen LogP contribution in [0.1, 0.15) is 47.5 Å². The zero-order valence-corrected chi connectivity index (χ0v) is 14.6. The Morgan fingerprint density at radius 3 is 2.23 bits per heavy atom. The van der Waals surface area contributed by atoms with Gasteiger partial charge in [0.1, 0.15) is 5.60 Å². The van der Waals surface area contributed by atoms with Crippen LogP contribution in [0.4, 0.5) is 4.79 Å². The predicted octanol–water partition coefficient (Wildman–Crippen LogP) is 3.98. The topological polar surface area (TPSA) is 58.6 Å². The van der Waals surface area contributed by atoms with E-state index in [2.05, 4.69) is 18.5 Å². The lowest BCUT2D eigenvalue weighted by Crippen LogP contribution is -2.42. The lowest BCUT2D eigenvalue weighted by Gasteiger charge is -2.32. The molecule has 0 fully saturated rings. The first-order valence-corrected chi connectivity index (χ1v) is 7.91. The van der Waals surface area contributed by atoms with Crippen molar-refractivity contribution in [3.63, 3.8) is 0 Å². The fourth-order valence-corrected chi connectivity index (χ4v) is 2.45. The molecule has 22 heavy (non-hydrogen) atoms. The van der Waals surface area contributed by atoms with Gasteiger partial charge >= 0.3 is 6.09 Å². The first-order chi connectivity index (χ1) is 10.3. The molecule has 0 saturated heterocycles. The summed E-state index contributed by atoms with van der Waals surface area (Å²) in [5.74, 6) is 0.0668. The Bertz CT molecular complexity index is 419. The van der Waals surface area contributed by atoms with Gasteiger partial charge in [0.15, 0.2) is 0 Å². The van der Waals surface area contributed by atoms with E-state index >= 15 is 0 Å². The first-order valence-electron chi connectivity index (χ1n) is 7.91. The largest absolute Gasteiger partial charge is 0.444 e. The second kappa shape index (κ2) is 9.46. The van der Waals surface area contributed by atoms with Crippen molar-refractivity contribution in [2.24, 2.45) is 5.92 Å². The summed E-state index contributed by atoms with van der Waals surface area (Å²) in [7, 11) is 0.